The maximum Gasteiger partial charge on any atom is 0.138 e. The van der Waals surface area contributed by atoms with E-state index in [9.17, 15) is 5.11 Å². The molecule has 0 heterocycles. The van der Waals surface area contributed by atoms with Crippen LogP contribution in [-0.2, 0) is 4.74 Å². The topological polar surface area (TPSA) is 64.7 Å². The number of hydrogen-bond donors (Lipinski definition) is 2. The quantitative estimate of drug-likeness (QED) is 0.817. The van der Waals surface area contributed by atoms with Gasteiger partial charge in [-0.3, -0.25) is 0 Å². The van der Waals surface area contributed by atoms with E-state index >= 15 is 0 Å². The average molecular weight is 260 g/mol. The van der Waals surface area contributed by atoms with Crippen molar-refractivity contribution >= 4 is 11.6 Å². The number of benzene rings is 1. The van der Waals surface area contributed by atoms with Crippen molar-refractivity contribution < 1.29 is 14.6 Å². The summed E-state index contributed by atoms with van der Waals surface area (Å²) in [5, 5.41) is 9.92. The van der Waals surface area contributed by atoms with Gasteiger partial charge in [-0.1, -0.05) is 17.7 Å². The molecule has 0 saturated carbocycles. The van der Waals surface area contributed by atoms with Gasteiger partial charge in [-0.15, -0.1) is 0 Å². The highest BCUT2D eigenvalue weighted by molar-refractivity contribution is 6.32. The lowest BCUT2D eigenvalue weighted by Gasteiger charge is -2.13. The minimum Gasteiger partial charge on any atom is -0.489 e. The first-order valence-electron chi connectivity index (χ1n) is 5.39. The van der Waals surface area contributed by atoms with E-state index in [2.05, 4.69) is 0 Å². The summed E-state index contributed by atoms with van der Waals surface area (Å²) in [6.07, 6.45) is -0.663. The summed E-state index contributed by atoms with van der Waals surface area (Å²) in [5.41, 5.74) is 6.68. The summed E-state index contributed by atoms with van der Waals surface area (Å²) in [5.74, 6) is 0.534. The standard InChI is InChI=1S/C12H18ClNO3/c1-8(14)9-3-4-12(11(13)5-9)17-7-10(15)6-16-2/h3-5,8,10,15H,6-7,14H2,1-2H3/t8-,10?/m1/s1. The average Bonchev–Trinajstić information content (AvgIpc) is 2.27. The molecule has 0 bridgehead atoms. The third kappa shape index (κ3) is 4.52. The lowest BCUT2D eigenvalue weighted by atomic mass is 10.1. The molecule has 1 rings (SSSR count). The van der Waals surface area contributed by atoms with Crippen LogP contribution in [0, 0.1) is 0 Å². The predicted octanol–water partition coefficient (Wildman–Crippen LogP) is 1.75. The zero-order valence-corrected chi connectivity index (χ0v) is 10.8. The van der Waals surface area contributed by atoms with Crippen LogP contribution in [0.15, 0.2) is 18.2 Å². The van der Waals surface area contributed by atoms with Gasteiger partial charge in [0.2, 0.25) is 0 Å². The highest BCUT2D eigenvalue weighted by Gasteiger charge is 2.08. The SMILES string of the molecule is COCC(O)COc1ccc([C@@H](C)N)cc1Cl. The van der Waals surface area contributed by atoms with E-state index in [1.165, 1.54) is 7.11 Å². The van der Waals surface area contributed by atoms with Gasteiger partial charge in [0.1, 0.15) is 18.5 Å². The van der Waals surface area contributed by atoms with Gasteiger partial charge in [-0.25, -0.2) is 0 Å². The van der Waals surface area contributed by atoms with Gasteiger partial charge in [0.15, 0.2) is 0 Å². The smallest absolute Gasteiger partial charge is 0.138 e. The van der Waals surface area contributed by atoms with Crippen LogP contribution in [-0.4, -0.2) is 31.5 Å². The maximum absolute atomic E-state index is 9.43. The van der Waals surface area contributed by atoms with E-state index in [1.807, 2.05) is 13.0 Å². The molecule has 1 aromatic carbocycles. The summed E-state index contributed by atoms with van der Waals surface area (Å²) >= 11 is 6.04. The van der Waals surface area contributed by atoms with Crippen molar-refractivity contribution in [2.75, 3.05) is 20.3 Å². The monoisotopic (exact) mass is 259 g/mol. The van der Waals surface area contributed by atoms with E-state index in [4.69, 9.17) is 26.8 Å². The normalized spacial score (nSPS) is 14.4. The second-order valence-corrected chi connectivity index (χ2v) is 4.31. The number of aliphatic hydroxyl groups excluding tert-OH is 1. The molecule has 0 aliphatic carbocycles. The van der Waals surface area contributed by atoms with Crippen molar-refractivity contribution in [3.8, 4) is 5.75 Å². The molecule has 1 aromatic rings. The number of nitrogens with two attached hydrogens (primary N) is 1. The van der Waals surface area contributed by atoms with Gasteiger partial charge in [0.05, 0.1) is 11.6 Å². The molecule has 0 fully saturated rings. The van der Waals surface area contributed by atoms with Gasteiger partial charge in [-0.2, -0.15) is 0 Å². The van der Waals surface area contributed by atoms with Gasteiger partial charge in [0.25, 0.3) is 0 Å². The Labute approximate surface area is 106 Å². The Morgan fingerprint density at radius 1 is 1.41 bits per heavy atom. The molecule has 17 heavy (non-hydrogen) atoms. The molecule has 5 heteroatoms. The van der Waals surface area contributed by atoms with Crippen LogP contribution in [0.1, 0.15) is 18.5 Å². The number of ether oxygens (including phenoxy) is 2. The maximum atomic E-state index is 9.43. The number of hydrogen-bond acceptors (Lipinski definition) is 4. The minimum atomic E-state index is -0.663. The molecule has 0 aliphatic heterocycles. The molecule has 0 amide bonds. The summed E-state index contributed by atoms with van der Waals surface area (Å²) in [7, 11) is 1.52. The molecule has 0 aromatic heterocycles. The Morgan fingerprint density at radius 3 is 2.65 bits per heavy atom. The Balaban J connectivity index is 2.60. The lowest BCUT2D eigenvalue weighted by Crippen LogP contribution is -2.22. The number of methoxy groups -OCH3 is 1. The van der Waals surface area contributed by atoms with Gasteiger partial charge in [-0.05, 0) is 24.6 Å². The second kappa shape index (κ2) is 6.81. The third-order valence-corrected chi connectivity index (χ3v) is 2.57. The van der Waals surface area contributed by atoms with E-state index in [1.54, 1.807) is 12.1 Å². The summed E-state index contributed by atoms with van der Waals surface area (Å²) in [6, 6.07) is 5.31. The van der Waals surface area contributed by atoms with Crippen LogP contribution in [0.5, 0.6) is 5.75 Å². The van der Waals surface area contributed by atoms with E-state index in [-0.39, 0.29) is 19.3 Å². The molecule has 4 nitrogen and oxygen atoms in total. The van der Waals surface area contributed by atoms with Crippen LogP contribution in [0.3, 0.4) is 0 Å². The molecular weight excluding hydrogens is 242 g/mol. The van der Waals surface area contributed by atoms with E-state index in [0.29, 0.717) is 10.8 Å². The summed E-state index contributed by atoms with van der Waals surface area (Å²) < 4.78 is 10.2. The molecule has 1 unspecified atom stereocenters. The third-order valence-electron chi connectivity index (χ3n) is 2.27. The molecule has 2 atom stereocenters. The van der Waals surface area contributed by atoms with Crippen molar-refractivity contribution in [1.82, 2.24) is 0 Å². The first-order chi connectivity index (χ1) is 8.04. The van der Waals surface area contributed by atoms with Crippen LogP contribution in [0.2, 0.25) is 5.02 Å². The fourth-order valence-electron chi connectivity index (χ4n) is 1.34. The summed E-state index contributed by atoms with van der Waals surface area (Å²) in [4.78, 5) is 0. The van der Waals surface area contributed by atoms with Crippen molar-refractivity contribution in [2.24, 2.45) is 5.73 Å². The largest absolute Gasteiger partial charge is 0.489 e. The van der Waals surface area contributed by atoms with Crippen molar-refractivity contribution in [1.29, 1.82) is 0 Å². The number of halogens is 1. The highest BCUT2D eigenvalue weighted by Crippen LogP contribution is 2.27. The summed E-state index contributed by atoms with van der Waals surface area (Å²) in [6.45, 7) is 2.26. The van der Waals surface area contributed by atoms with Crippen LogP contribution in [0.4, 0.5) is 0 Å². The van der Waals surface area contributed by atoms with Crippen LogP contribution >= 0.6 is 11.6 Å². The van der Waals surface area contributed by atoms with Gasteiger partial charge in [0, 0.05) is 13.2 Å². The van der Waals surface area contributed by atoms with Crippen molar-refractivity contribution in [2.45, 2.75) is 19.1 Å². The van der Waals surface area contributed by atoms with Crippen molar-refractivity contribution in [3.63, 3.8) is 0 Å². The van der Waals surface area contributed by atoms with Gasteiger partial charge < -0.3 is 20.3 Å². The molecular formula is C12H18ClNO3. The zero-order chi connectivity index (χ0) is 12.8. The first-order valence-corrected chi connectivity index (χ1v) is 5.77. The molecule has 0 radical (unpaired) electrons. The van der Waals surface area contributed by atoms with E-state index in [0.717, 1.165) is 5.56 Å². The Kier molecular flexibility index (Phi) is 5.71. The Morgan fingerprint density at radius 2 is 2.12 bits per heavy atom. The second-order valence-electron chi connectivity index (χ2n) is 3.90. The fourth-order valence-corrected chi connectivity index (χ4v) is 1.59. The highest BCUT2D eigenvalue weighted by atomic mass is 35.5. The predicted molar refractivity (Wildman–Crippen MR) is 67.4 cm³/mol. The zero-order valence-electron chi connectivity index (χ0n) is 10.0. The molecule has 0 saturated heterocycles. The van der Waals surface area contributed by atoms with E-state index < -0.39 is 6.10 Å². The molecule has 96 valence electrons. The van der Waals surface area contributed by atoms with Crippen LogP contribution in [0.25, 0.3) is 0 Å². The lowest BCUT2D eigenvalue weighted by molar-refractivity contribution is 0.0326. The molecule has 3 N–H and O–H groups in total. The molecule has 0 aliphatic rings. The first kappa shape index (κ1) is 14.3. The van der Waals surface area contributed by atoms with Gasteiger partial charge >= 0.3 is 0 Å². The Bertz CT molecular complexity index is 358. The Hall–Kier alpha value is -0.810. The fraction of sp³-hybridized carbons (Fsp3) is 0.500. The van der Waals surface area contributed by atoms with Crippen LogP contribution < -0.4 is 10.5 Å². The number of rotatable bonds is 6. The molecule has 0 spiro atoms. The van der Waals surface area contributed by atoms with Crippen molar-refractivity contribution in [3.05, 3.63) is 28.8 Å². The number of aliphatic hydroxyl groups is 1. The minimum absolute atomic E-state index is 0.0689.